The van der Waals surface area contributed by atoms with Crippen LogP contribution in [0.2, 0.25) is 0 Å². The SMILES string of the molecule is O=C1Nc2ccc(O)cc2ON1CCN1CCN(c2cccc(C(F)(F)F)c2)CC1. The first-order valence-corrected chi connectivity index (χ1v) is 9.54. The normalized spacial score (nSPS) is 17.4. The molecular formula is C20H21F3N4O3. The van der Waals surface area contributed by atoms with Gasteiger partial charge in [-0.1, -0.05) is 6.07 Å². The highest BCUT2D eigenvalue weighted by atomic mass is 19.4. The van der Waals surface area contributed by atoms with Gasteiger partial charge in [0.05, 0.1) is 17.8 Å². The third-order valence-electron chi connectivity index (χ3n) is 5.17. The highest BCUT2D eigenvalue weighted by Gasteiger charge is 2.31. The van der Waals surface area contributed by atoms with Crippen LogP contribution in [0.4, 0.5) is 29.3 Å². The molecule has 30 heavy (non-hydrogen) atoms. The quantitative estimate of drug-likeness (QED) is 0.740. The topological polar surface area (TPSA) is 68.3 Å². The van der Waals surface area contributed by atoms with Gasteiger partial charge in [-0.25, -0.2) is 4.79 Å². The zero-order chi connectivity index (χ0) is 21.3. The molecule has 0 spiro atoms. The monoisotopic (exact) mass is 422 g/mol. The van der Waals surface area contributed by atoms with Gasteiger partial charge >= 0.3 is 12.2 Å². The lowest BCUT2D eigenvalue weighted by Gasteiger charge is -2.37. The van der Waals surface area contributed by atoms with Gasteiger partial charge in [0.25, 0.3) is 0 Å². The number of piperazine rings is 1. The van der Waals surface area contributed by atoms with Gasteiger partial charge in [0.2, 0.25) is 0 Å². The number of benzene rings is 2. The van der Waals surface area contributed by atoms with E-state index in [4.69, 9.17) is 4.84 Å². The number of aromatic hydroxyl groups is 1. The van der Waals surface area contributed by atoms with E-state index in [0.29, 0.717) is 56.4 Å². The molecule has 0 bridgehead atoms. The van der Waals surface area contributed by atoms with Crippen LogP contribution in [0.1, 0.15) is 5.56 Å². The summed E-state index contributed by atoms with van der Waals surface area (Å²) in [5.41, 5.74) is 0.394. The van der Waals surface area contributed by atoms with E-state index in [1.165, 1.54) is 29.3 Å². The molecule has 0 atom stereocenters. The van der Waals surface area contributed by atoms with Crippen LogP contribution in [-0.2, 0) is 6.18 Å². The van der Waals surface area contributed by atoms with Gasteiger partial charge in [0.1, 0.15) is 5.75 Å². The number of rotatable bonds is 4. The molecule has 2 aromatic rings. The maximum absolute atomic E-state index is 12.9. The molecule has 0 unspecified atom stereocenters. The molecule has 2 aliphatic rings. The van der Waals surface area contributed by atoms with Crippen molar-refractivity contribution in [2.45, 2.75) is 6.18 Å². The summed E-state index contributed by atoms with van der Waals surface area (Å²) in [6, 6.07) is 9.41. The van der Waals surface area contributed by atoms with Crippen LogP contribution in [0.15, 0.2) is 42.5 Å². The van der Waals surface area contributed by atoms with Crippen molar-refractivity contribution in [3.05, 3.63) is 48.0 Å². The lowest BCUT2D eigenvalue weighted by Crippen LogP contribution is -2.50. The molecule has 0 aliphatic carbocycles. The number of hydroxylamine groups is 2. The van der Waals surface area contributed by atoms with Crippen LogP contribution >= 0.6 is 0 Å². The van der Waals surface area contributed by atoms with E-state index in [-0.39, 0.29) is 5.75 Å². The van der Waals surface area contributed by atoms with Crippen molar-refractivity contribution in [1.29, 1.82) is 0 Å². The number of anilines is 2. The van der Waals surface area contributed by atoms with E-state index in [1.54, 1.807) is 12.1 Å². The molecule has 2 N–H and O–H groups in total. The predicted octanol–water partition coefficient (Wildman–Crippen LogP) is 3.37. The van der Waals surface area contributed by atoms with Crippen LogP contribution in [0.25, 0.3) is 0 Å². The number of phenolic OH excluding ortho intramolecular Hbond substituents is 1. The van der Waals surface area contributed by atoms with Gasteiger partial charge in [-0.15, -0.1) is 0 Å². The average Bonchev–Trinajstić information content (AvgIpc) is 2.72. The fraction of sp³-hybridized carbons (Fsp3) is 0.350. The van der Waals surface area contributed by atoms with Gasteiger partial charge in [-0.2, -0.15) is 18.2 Å². The van der Waals surface area contributed by atoms with Gasteiger partial charge in [0.15, 0.2) is 5.75 Å². The van der Waals surface area contributed by atoms with Crippen LogP contribution in [0, 0.1) is 0 Å². The van der Waals surface area contributed by atoms with Gasteiger partial charge in [0, 0.05) is 44.5 Å². The number of halogens is 3. The first-order valence-electron chi connectivity index (χ1n) is 9.54. The molecule has 1 fully saturated rings. The lowest BCUT2D eigenvalue weighted by molar-refractivity contribution is -0.137. The van der Waals surface area contributed by atoms with Crippen molar-refractivity contribution in [2.75, 3.05) is 49.5 Å². The molecule has 2 heterocycles. The molecule has 160 valence electrons. The van der Waals surface area contributed by atoms with E-state index in [1.807, 2.05) is 4.90 Å². The zero-order valence-electron chi connectivity index (χ0n) is 16.0. The minimum Gasteiger partial charge on any atom is -0.508 e. The number of nitrogens with zero attached hydrogens (tertiary/aromatic N) is 3. The Kier molecular flexibility index (Phi) is 5.33. The molecular weight excluding hydrogens is 401 g/mol. The molecule has 1 saturated heterocycles. The molecule has 0 radical (unpaired) electrons. The first kappa shape index (κ1) is 20.1. The smallest absolute Gasteiger partial charge is 0.416 e. The number of carbonyl (C=O) groups is 1. The van der Waals surface area contributed by atoms with Crippen molar-refractivity contribution in [3.63, 3.8) is 0 Å². The van der Waals surface area contributed by atoms with E-state index in [2.05, 4.69) is 10.2 Å². The number of nitrogens with one attached hydrogen (secondary N) is 1. The minimum absolute atomic E-state index is 0.0376. The summed E-state index contributed by atoms with van der Waals surface area (Å²) >= 11 is 0. The fourth-order valence-corrected chi connectivity index (χ4v) is 3.52. The largest absolute Gasteiger partial charge is 0.508 e. The summed E-state index contributed by atoms with van der Waals surface area (Å²) in [5, 5.41) is 13.5. The summed E-state index contributed by atoms with van der Waals surface area (Å²) < 4.78 is 38.8. The third-order valence-corrected chi connectivity index (χ3v) is 5.17. The maximum atomic E-state index is 12.9. The minimum atomic E-state index is -4.36. The van der Waals surface area contributed by atoms with E-state index < -0.39 is 17.8 Å². The Morgan fingerprint density at radius 3 is 2.53 bits per heavy atom. The second-order valence-electron chi connectivity index (χ2n) is 7.18. The second-order valence-corrected chi connectivity index (χ2v) is 7.18. The Hall–Kier alpha value is -3.14. The Balaban J connectivity index is 1.30. The Labute approximate surface area is 171 Å². The summed E-state index contributed by atoms with van der Waals surface area (Å²) in [5.74, 6) is 0.402. The molecule has 0 saturated carbocycles. The number of amides is 2. The van der Waals surface area contributed by atoms with E-state index in [9.17, 15) is 23.1 Å². The van der Waals surface area contributed by atoms with Gasteiger partial charge in [-0.05, 0) is 30.3 Å². The Bertz CT molecular complexity index is 930. The highest BCUT2D eigenvalue weighted by molar-refractivity contribution is 5.92. The van der Waals surface area contributed by atoms with Crippen LogP contribution < -0.4 is 15.1 Å². The predicted molar refractivity (Wildman–Crippen MR) is 105 cm³/mol. The van der Waals surface area contributed by atoms with E-state index >= 15 is 0 Å². The van der Waals surface area contributed by atoms with Gasteiger partial charge < -0.3 is 20.2 Å². The highest BCUT2D eigenvalue weighted by Crippen LogP contribution is 2.33. The van der Waals surface area contributed by atoms with Crippen molar-refractivity contribution in [1.82, 2.24) is 9.96 Å². The number of fused-ring (bicyclic) bond motifs is 1. The van der Waals surface area contributed by atoms with Crippen molar-refractivity contribution < 1.29 is 27.9 Å². The molecule has 2 aromatic carbocycles. The summed E-state index contributed by atoms with van der Waals surface area (Å²) in [6.07, 6.45) is -4.36. The number of urea groups is 1. The fourth-order valence-electron chi connectivity index (χ4n) is 3.52. The second kappa shape index (κ2) is 7.94. The Morgan fingerprint density at radius 2 is 1.80 bits per heavy atom. The molecule has 0 aromatic heterocycles. The molecule has 7 nitrogen and oxygen atoms in total. The van der Waals surface area contributed by atoms with Crippen molar-refractivity contribution >= 4 is 17.4 Å². The average molecular weight is 422 g/mol. The van der Waals surface area contributed by atoms with Crippen molar-refractivity contribution in [3.8, 4) is 11.5 Å². The molecule has 4 rings (SSSR count). The van der Waals surface area contributed by atoms with Gasteiger partial charge in [-0.3, -0.25) is 4.90 Å². The summed E-state index contributed by atoms with van der Waals surface area (Å²) in [6.45, 7) is 3.35. The Morgan fingerprint density at radius 1 is 1.03 bits per heavy atom. The summed E-state index contributed by atoms with van der Waals surface area (Å²) in [7, 11) is 0. The first-order chi connectivity index (χ1) is 14.3. The standard InChI is InChI=1S/C20H21F3N4O3/c21-20(22,23)14-2-1-3-15(12-14)26-9-6-25(7-10-26)8-11-27-19(29)24-17-5-4-16(28)13-18(17)30-27/h1-5,12-13,28H,6-11H2,(H,24,29). The van der Waals surface area contributed by atoms with Crippen LogP contribution in [-0.4, -0.2) is 60.4 Å². The number of hydrogen-bond donors (Lipinski definition) is 2. The molecule has 2 amide bonds. The van der Waals surface area contributed by atoms with Crippen molar-refractivity contribution in [2.24, 2.45) is 0 Å². The number of phenols is 1. The number of alkyl halides is 3. The van der Waals surface area contributed by atoms with E-state index in [0.717, 1.165) is 6.07 Å². The number of carbonyl (C=O) groups excluding carboxylic acids is 1. The zero-order valence-corrected chi connectivity index (χ0v) is 16.0. The lowest BCUT2D eigenvalue weighted by atomic mass is 10.1. The molecule has 2 aliphatic heterocycles. The third kappa shape index (κ3) is 4.38. The van der Waals surface area contributed by atoms with Crippen LogP contribution in [0.3, 0.4) is 0 Å². The molecule has 10 heteroatoms. The summed E-state index contributed by atoms with van der Waals surface area (Å²) in [4.78, 5) is 21.8. The number of hydrogen-bond acceptors (Lipinski definition) is 5. The maximum Gasteiger partial charge on any atom is 0.416 e. The van der Waals surface area contributed by atoms with Crippen LogP contribution in [0.5, 0.6) is 11.5 Å².